The van der Waals surface area contributed by atoms with E-state index in [1.54, 1.807) is 0 Å². The molecule has 0 aliphatic carbocycles. The molecule has 0 aromatic heterocycles. The van der Waals surface area contributed by atoms with E-state index in [4.69, 9.17) is 18.5 Å². The van der Waals surface area contributed by atoms with E-state index < -0.39 is 32.5 Å². The van der Waals surface area contributed by atoms with E-state index in [1.165, 1.54) is 64.2 Å². The van der Waals surface area contributed by atoms with Gasteiger partial charge >= 0.3 is 11.9 Å². The van der Waals surface area contributed by atoms with Gasteiger partial charge in [-0.05, 0) is 64.2 Å². The monoisotopic (exact) mass is 802 g/mol. The standard InChI is InChI=1S/C44H84NO9P/c1-6-8-10-12-13-14-15-16-17-18-19-20-25-28-32-36-44(48)54-42(40-53-55(49,50)52-38-37-45(3,4)5)39-51-43(47)35-31-27-24-22-21-23-26-30-34-41(46)33-29-11-9-7-2/h16-17,26,30,41-42,46H,6-15,18-25,27-29,31-40H2,1-5H3/b17-16+,30-26+/t41-,42+/m1/s1. The van der Waals surface area contributed by atoms with Crippen LogP contribution >= 0.6 is 7.82 Å². The van der Waals surface area contributed by atoms with Crippen molar-refractivity contribution in [3.05, 3.63) is 24.3 Å². The van der Waals surface area contributed by atoms with Crippen molar-refractivity contribution < 1.29 is 47.2 Å². The van der Waals surface area contributed by atoms with Gasteiger partial charge in [0.25, 0.3) is 7.82 Å². The molecule has 0 radical (unpaired) electrons. The number of rotatable bonds is 40. The quantitative estimate of drug-likeness (QED) is 0.0211. The second kappa shape index (κ2) is 36.8. The number of hydrogen-bond acceptors (Lipinski definition) is 9. The van der Waals surface area contributed by atoms with Crippen LogP contribution < -0.4 is 4.89 Å². The van der Waals surface area contributed by atoms with Gasteiger partial charge in [0.2, 0.25) is 0 Å². The predicted molar refractivity (Wildman–Crippen MR) is 224 cm³/mol. The second-order valence-corrected chi connectivity index (χ2v) is 17.6. The summed E-state index contributed by atoms with van der Waals surface area (Å²) in [4.78, 5) is 37.5. The Hall–Kier alpha value is -1.55. The van der Waals surface area contributed by atoms with Crippen LogP contribution in [-0.4, -0.2) is 81.2 Å². The lowest BCUT2D eigenvalue weighted by Gasteiger charge is -2.28. The Morgan fingerprint density at radius 1 is 0.636 bits per heavy atom. The Morgan fingerprint density at radius 2 is 1.11 bits per heavy atom. The maximum Gasteiger partial charge on any atom is 0.306 e. The zero-order chi connectivity index (χ0) is 40.9. The third kappa shape index (κ3) is 40.4. The fourth-order valence-corrected chi connectivity index (χ4v) is 6.68. The predicted octanol–water partition coefficient (Wildman–Crippen LogP) is 10.7. The summed E-state index contributed by atoms with van der Waals surface area (Å²) < 4.78 is 33.8. The Bertz CT molecular complexity index is 1010. The number of esters is 2. The molecular formula is C44H84NO9P. The molecule has 10 nitrogen and oxygen atoms in total. The summed E-state index contributed by atoms with van der Waals surface area (Å²) in [6, 6.07) is 0. The maximum absolute atomic E-state index is 12.7. The van der Waals surface area contributed by atoms with E-state index in [2.05, 4.69) is 38.2 Å². The van der Waals surface area contributed by atoms with Gasteiger partial charge in [-0.2, -0.15) is 0 Å². The molecule has 324 valence electrons. The number of hydrogen-bond donors (Lipinski definition) is 1. The lowest BCUT2D eigenvalue weighted by Crippen LogP contribution is -2.37. The number of phosphoric ester groups is 1. The number of allylic oxidation sites excluding steroid dienone is 3. The molecule has 0 aliphatic heterocycles. The average Bonchev–Trinajstić information content (AvgIpc) is 3.13. The number of ether oxygens (including phenoxy) is 2. The van der Waals surface area contributed by atoms with Gasteiger partial charge in [0.05, 0.1) is 33.9 Å². The highest BCUT2D eigenvalue weighted by atomic mass is 31.2. The molecule has 3 atom stereocenters. The number of unbranched alkanes of at least 4 members (excludes halogenated alkanes) is 19. The first-order valence-electron chi connectivity index (χ1n) is 22.1. The van der Waals surface area contributed by atoms with Gasteiger partial charge in [-0.25, -0.2) is 0 Å². The fraction of sp³-hybridized carbons (Fsp3) is 0.864. The number of nitrogens with zero attached hydrogens (tertiary/aromatic N) is 1. The van der Waals surface area contributed by atoms with Crippen molar-refractivity contribution in [3.63, 3.8) is 0 Å². The molecule has 0 aromatic rings. The summed E-state index contributed by atoms with van der Waals surface area (Å²) in [7, 11) is 1.12. The summed E-state index contributed by atoms with van der Waals surface area (Å²) in [5.41, 5.74) is 0. The maximum atomic E-state index is 12.7. The average molecular weight is 802 g/mol. The molecule has 0 aromatic carbocycles. The van der Waals surface area contributed by atoms with Crippen LogP contribution in [0, 0.1) is 0 Å². The van der Waals surface area contributed by atoms with Gasteiger partial charge in [0.15, 0.2) is 6.10 Å². The first-order chi connectivity index (χ1) is 26.4. The molecular weight excluding hydrogens is 717 g/mol. The summed E-state index contributed by atoms with van der Waals surface area (Å²) in [5, 5.41) is 10.1. The third-order valence-corrected chi connectivity index (χ3v) is 10.5. The van der Waals surface area contributed by atoms with Gasteiger partial charge in [-0.1, -0.05) is 134 Å². The van der Waals surface area contributed by atoms with Crippen LogP contribution in [0.2, 0.25) is 0 Å². The highest BCUT2D eigenvalue weighted by Crippen LogP contribution is 2.38. The molecule has 55 heavy (non-hydrogen) atoms. The van der Waals surface area contributed by atoms with Crippen molar-refractivity contribution >= 4 is 19.8 Å². The minimum Gasteiger partial charge on any atom is -0.756 e. The molecule has 0 saturated carbocycles. The lowest BCUT2D eigenvalue weighted by molar-refractivity contribution is -0.870. The summed E-state index contributed by atoms with van der Waals surface area (Å²) >= 11 is 0. The van der Waals surface area contributed by atoms with Crippen LogP contribution in [0.1, 0.15) is 187 Å². The van der Waals surface area contributed by atoms with Crippen molar-refractivity contribution in [2.45, 2.75) is 199 Å². The smallest absolute Gasteiger partial charge is 0.306 e. The Balaban J connectivity index is 4.42. The molecule has 1 N–H and O–H groups in total. The van der Waals surface area contributed by atoms with E-state index in [-0.39, 0.29) is 32.2 Å². The largest absolute Gasteiger partial charge is 0.756 e. The van der Waals surface area contributed by atoms with E-state index in [1.807, 2.05) is 21.1 Å². The third-order valence-electron chi connectivity index (χ3n) is 9.52. The second-order valence-electron chi connectivity index (χ2n) is 16.2. The Morgan fingerprint density at radius 3 is 1.65 bits per heavy atom. The minimum atomic E-state index is -4.64. The van der Waals surface area contributed by atoms with Gasteiger partial charge in [-0.3, -0.25) is 14.2 Å². The molecule has 0 rings (SSSR count). The summed E-state index contributed by atoms with van der Waals surface area (Å²) in [5.74, 6) is -0.888. The normalized spacial score (nSPS) is 14.4. The van der Waals surface area contributed by atoms with Crippen LogP contribution in [0.3, 0.4) is 0 Å². The lowest BCUT2D eigenvalue weighted by atomic mass is 10.1. The zero-order valence-corrected chi connectivity index (χ0v) is 36.9. The molecule has 0 spiro atoms. The SMILES string of the molecule is CCCCCCCC/C=C/CCCCCCCC(=O)O[C@@H](COC(=O)CCCCCCC/C=C/C[C@H](O)CCCCCC)COP(=O)([O-])OCC[N+](C)(C)C. The van der Waals surface area contributed by atoms with Crippen molar-refractivity contribution in [1.82, 2.24) is 0 Å². The zero-order valence-electron chi connectivity index (χ0n) is 36.0. The van der Waals surface area contributed by atoms with E-state index in [0.29, 0.717) is 23.9 Å². The van der Waals surface area contributed by atoms with Gasteiger partial charge in [0.1, 0.15) is 19.8 Å². The first kappa shape index (κ1) is 53.5. The molecule has 0 heterocycles. The van der Waals surface area contributed by atoms with Gasteiger partial charge in [-0.15, -0.1) is 0 Å². The minimum absolute atomic E-state index is 0.0424. The molecule has 11 heteroatoms. The van der Waals surface area contributed by atoms with Crippen LogP contribution in [-0.2, 0) is 32.7 Å². The topological polar surface area (TPSA) is 131 Å². The van der Waals surface area contributed by atoms with Crippen LogP contribution in [0.5, 0.6) is 0 Å². The van der Waals surface area contributed by atoms with Crippen LogP contribution in [0.25, 0.3) is 0 Å². The van der Waals surface area contributed by atoms with E-state index >= 15 is 0 Å². The van der Waals surface area contributed by atoms with Crippen molar-refractivity contribution in [3.8, 4) is 0 Å². The summed E-state index contributed by atoms with van der Waals surface area (Å²) in [6.45, 7) is 4.09. The molecule has 0 aliphatic rings. The number of aliphatic hydroxyl groups is 1. The first-order valence-corrected chi connectivity index (χ1v) is 23.6. The van der Waals surface area contributed by atoms with Crippen LogP contribution in [0.15, 0.2) is 24.3 Å². The van der Waals surface area contributed by atoms with Crippen LogP contribution in [0.4, 0.5) is 0 Å². The molecule has 0 saturated heterocycles. The van der Waals surface area contributed by atoms with Gasteiger partial charge in [0, 0.05) is 12.8 Å². The van der Waals surface area contributed by atoms with Crippen molar-refractivity contribution in [1.29, 1.82) is 0 Å². The molecule has 0 bridgehead atoms. The number of quaternary nitrogens is 1. The number of likely N-dealkylation sites (N-methyl/N-ethyl adjacent to an activating group) is 1. The Labute approximate surface area is 337 Å². The van der Waals surface area contributed by atoms with Gasteiger partial charge < -0.3 is 33.0 Å². The Kier molecular flexibility index (Phi) is 35.7. The fourth-order valence-electron chi connectivity index (χ4n) is 5.95. The molecule has 1 unspecified atom stereocenters. The summed E-state index contributed by atoms with van der Waals surface area (Å²) in [6.07, 6.45) is 35.1. The number of phosphoric acid groups is 1. The highest BCUT2D eigenvalue weighted by Gasteiger charge is 2.21. The van der Waals surface area contributed by atoms with E-state index in [0.717, 1.165) is 83.5 Å². The number of aliphatic hydroxyl groups excluding tert-OH is 1. The number of carbonyl (C=O) groups excluding carboxylic acids is 2. The molecule has 0 amide bonds. The number of carbonyl (C=O) groups is 2. The van der Waals surface area contributed by atoms with Crippen molar-refractivity contribution in [2.24, 2.45) is 0 Å². The van der Waals surface area contributed by atoms with Crippen molar-refractivity contribution in [2.75, 3.05) is 47.5 Å². The van der Waals surface area contributed by atoms with E-state index in [9.17, 15) is 24.2 Å². The molecule has 0 fully saturated rings. The highest BCUT2D eigenvalue weighted by molar-refractivity contribution is 7.45.